The highest BCUT2D eigenvalue weighted by atomic mass is 19.1. The summed E-state index contributed by atoms with van der Waals surface area (Å²) in [7, 11) is 0. The lowest BCUT2D eigenvalue weighted by Gasteiger charge is -2.05. The van der Waals surface area contributed by atoms with E-state index in [0.29, 0.717) is 29.8 Å². The standard InChI is InChI=1S/C17H15FN2O3/c18-12-5-3-6-13(11-12)19-16(21)9-4-10-20-14-7-1-2-8-15(14)23-17(20)22/h1-3,5-8,11H,4,9-10H2,(H,19,21). The molecule has 0 bridgehead atoms. The van der Waals surface area contributed by atoms with Gasteiger partial charge >= 0.3 is 5.76 Å². The number of carbonyl (C=O) groups excluding carboxylic acids is 1. The summed E-state index contributed by atoms with van der Waals surface area (Å²) in [5, 5.41) is 2.62. The van der Waals surface area contributed by atoms with Crippen LogP contribution in [0, 0.1) is 5.82 Å². The summed E-state index contributed by atoms with van der Waals surface area (Å²) < 4.78 is 19.7. The Balaban J connectivity index is 1.59. The van der Waals surface area contributed by atoms with E-state index in [1.54, 1.807) is 24.3 Å². The lowest BCUT2D eigenvalue weighted by molar-refractivity contribution is -0.116. The van der Waals surface area contributed by atoms with Gasteiger partial charge in [0.2, 0.25) is 5.91 Å². The molecule has 118 valence electrons. The number of carbonyl (C=O) groups is 1. The third-order valence-electron chi connectivity index (χ3n) is 3.47. The van der Waals surface area contributed by atoms with E-state index < -0.39 is 11.6 Å². The van der Waals surface area contributed by atoms with Crippen molar-refractivity contribution in [3.8, 4) is 0 Å². The number of rotatable bonds is 5. The number of oxazole rings is 1. The highest BCUT2D eigenvalue weighted by molar-refractivity contribution is 5.90. The molecule has 0 fully saturated rings. The maximum Gasteiger partial charge on any atom is 0.419 e. The molecule has 0 aliphatic carbocycles. The van der Waals surface area contributed by atoms with Crippen molar-refractivity contribution in [1.82, 2.24) is 4.57 Å². The monoisotopic (exact) mass is 314 g/mol. The van der Waals surface area contributed by atoms with Gasteiger partial charge in [-0.05, 0) is 36.8 Å². The number of halogens is 1. The number of fused-ring (bicyclic) bond motifs is 1. The fraction of sp³-hybridized carbons (Fsp3) is 0.176. The number of aromatic nitrogens is 1. The van der Waals surface area contributed by atoms with Crippen molar-refractivity contribution in [2.45, 2.75) is 19.4 Å². The third kappa shape index (κ3) is 3.48. The Morgan fingerprint density at radius 3 is 2.83 bits per heavy atom. The second-order valence-corrected chi connectivity index (χ2v) is 5.15. The zero-order chi connectivity index (χ0) is 16.2. The van der Waals surface area contributed by atoms with E-state index in [4.69, 9.17) is 4.42 Å². The zero-order valence-electron chi connectivity index (χ0n) is 12.3. The fourth-order valence-corrected chi connectivity index (χ4v) is 2.41. The smallest absolute Gasteiger partial charge is 0.408 e. The minimum atomic E-state index is -0.434. The highest BCUT2D eigenvalue weighted by Crippen LogP contribution is 2.13. The molecule has 0 radical (unpaired) electrons. The first kappa shape index (κ1) is 15.0. The van der Waals surface area contributed by atoms with Crippen molar-refractivity contribution in [1.29, 1.82) is 0 Å². The van der Waals surface area contributed by atoms with Gasteiger partial charge in [0, 0.05) is 18.7 Å². The van der Waals surface area contributed by atoms with E-state index in [9.17, 15) is 14.0 Å². The number of nitrogens with one attached hydrogen (secondary N) is 1. The molecule has 1 aromatic heterocycles. The molecule has 3 aromatic rings. The number of nitrogens with zero attached hydrogens (tertiary/aromatic N) is 1. The van der Waals surface area contributed by atoms with Crippen LogP contribution in [0.4, 0.5) is 10.1 Å². The van der Waals surface area contributed by atoms with Gasteiger partial charge in [-0.3, -0.25) is 9.36 Å². The molecular formula is C17H15FN2O3. The topological polar surface area (TPSA) is 64.2 Å². The molecule has 0 aliphatic heterocycles. The van der Waals surface area contributed by atoms with Crippen LogP contribution in [0.15, 0.2) is 57.7 Å². The Morgan fingerprint density at radius 2 is 2.00 bits per heavy atom. The normalized spacial score (nSPS) is 10.8. The summed E-state index contributed by atoms with van der Waals surface area (Å²) >= 11 is 0. The van der Waals surface area contributed by atoms with Crippen molar-refractivity contribution in [2.75, 3.05) is 5.32 Å². The van der Waals surface area contributed by atoms with Gasteiger partial charge in [-0.25, -0.2) is 9.18 Å². The molecule has 23 heavy (non-hydrogen) atoms. The molecule has 3 rings (SSSR count). The molecule has 0 atom stereocenters. The first-order valence-electron chi connectivity index (χ1n) is 7.27. The minimum Gasteiger partial charge on any atom is -0.408 e. The third-order valence-corrected chi connectivity index (χ3v) is 3.47. The summed E-state index contributed by atoms with van der Waals surface area (Å²) in [5.41, 5.74) is 1.66. The molecule has 0 spiro atoms. The molecule has 1 N–H and O–H groups in total. The molecular weight excluding hydrogens is 299 g/mol. The van der Waals surface area contributed by atoms with Gasteiger partial charge in [-0.1, -0.05) is 18.2 Å². The zero-order valence-corrected chi connectivity index (χ0v) is 12.3. The van der Waals surface area contributed by atoms with Crippen LogP contribution in [0.1, 0.15) is 12.8 Å². The average Bonchev–Trinajstić information content (AvgIpc) is 2.83. The minimum absolute atomic E-state index is 0.225. The van der Waals surface area contributed by atoms with Gasteiger partial charge in [-0.2, -0.15) is 0 Å². The van der Waals surface area contributed by atoms with Crippen LogP contribution in [-0.4, -0.2) is 10.5 Å². The van der Waals surface area contributed by atoms with E-state index >= 15 is 0 Å². The van der Waals surface area contributed by atoms with E-state index in [2.05, 4.69) is 5.32 Å². The van der Waals surface area contributed by atoms with Crippen LogP contribution in [-0.2, 0) is 11.3 Å². The van der Waals surface area contributed by atoms with Gasteiger partial charge in [0.15, 0.2) is 5.58 Å². The molecule has 0 unspecified atom stereocenters. The highest BCUT2D eigenvalue weighted by Gasteiger charge is 2.09. The second kappa shape index (κ2) is 6.48. The summed E-state index contributed by atoms with van der Waals surface area (Å²) in [6, 6.07) is 12.9. The van der Waals surface area contributed by atoms with Crippen LogP contribution < -0.4 is 11.1 Å². The molecule has 2 aromatic carbocycles. The number of para-hydroxylation sites is 2. The van der Waals surface area contributed by atoms with Crippen LogP contribution in [0.5, 0.6) is 0 Å². The molecule has 5 nitrogen and oxygen atoms in total. The summed E-state index contributed by atoms with van der Waals surface area (Å²) in [5.74, 6) is -1.06. The van der Waals surface area contributed by atoms with Gasteiger partial charge < -0.3 is 9.73 Å². The largest absolute Gasteiger partial charge is 0.419 e. The van der Waals surface area contributed by atoms with Crippen LogP contribution >= 0.6 is 0 Å². The Bertz CT molecular complexity index is 898. The Hall–Kier alpha value is -2.89. The first-order valence-corrected chi connectivity index (χ1v) is 7.27. The van der Waals surface area contributed by atoms with E-state index in [-0.39, 0.29) is 12.3 Å². The molecule has 0 saturated heterocycles. The Morgan fingerprint density at radius 1 is 1.17 bits per heavy atom. The van der Waals surface area contributed by atoms with Crippen molar-refractivity contribution >= 4 is 22.7 Å². The number of aryl methyl sites for hydroxylation is 1. The fourth-order valence-electron chi connectivity index (χ4n) is 2.41. The Labute approximate surface area is 131 Å². The van der Waals surface area contributed by atoms with Crippen LogP contribution in [0.2, 0.25) is 0 Å². The lowest BCUT2D eigenvalue weighted by atomic mass is 10.2. The van der Waals surface area contributed by atoms with Gasteiger partial charge in [0.25, 0.3) is 0 Å². The molecule has 1 amide bonds. The molecule has 1 heterocycles. The number of benzene rings is 2. The number of hydrogen-bond donors (Lipinski definition) is 1. The van der Waals surface area contributed by atoms with E-state index in [0.717, 1.165) is 0 Å². The van der Waals surface area contributed by atoms with E-state index in [1.807, 2.05) is 6.07 Å². The predicted molar refractivity (Wildman–Crippen MR) is 84.7 cm³/mol. The summed E-state index contributed by atoms with van der Waals surface area (Å²) in [4.78, 5) is 23.7. The first-order chi connectivity index (χ1) is 11.1. The number of anilines is 1. The van der Waals surface area contributed by atoms with E-state index in [1.165, 1.54) is 22.8 Å². The molecule has 0 aliphatic rings. The average molecular weight is 314 g/mol. The lowest BCUT2D eigenvalue weighted by Crippen LogP contribution is -2.17. The van der Waals surface area contributed by atoms with Crippen molar-refractivity contribution in [3.05, 3.63) is 64.9 Å². The molecule has 6 heteroatoms. The predicted octanol–water partition coefficient (Wildman–Crippen LogP) is 3.15. The van der Waals surface area contributed by atoms with Crippen molar-refractivity contribution in [3.63, 3.8) is 0 Å². The maximum atomic E-state index is 13.0. The second-order valence-electron chi connectivity index (χ2n) is 5.15. The maximum absolute atomic E-state index is 13.0. The van der Waals surface area contributed by atoms with Crippen molar-refractivity contribution < 1.29 is 13.6 Å². The van der Waals surface area contributed by atoms with Gasteiger partial charge in [-0.15, -0.1) is 0 Å². The van der Waals surface area contributed by atoms with Crippen LogP contribution in [0.25, 0.3) is 11.1 Å². The van der Waals surface area contributed by atoms with Crippen molar-refractivity contribution in [2.24, 2.45) is 0 Å². The Kier molecular flexibility index (Phi) is 4.23. The summed E-state index contributed by atoms with van der Waals surface area (Å²) in [6.45, 7) is 0.381. The van der Waals surface area contributed by atoms with Gasteiger partial charge in [0.05, 0.1) is 5.52 Å². The number of hydrogen-bond acceptors (Lipinski definition) is 3. The van der Waals surface area contributed by atoms with Gasteiger partial charge in [0.1, 0.15) is 5.82 Å². The molecule has 0 saturated carbocycles. The SMILES string of the molecule is O=C(CCCn1c(=O)oc2ccccc21)Nc1cccc(F)c1. The quantitative estimate of drug-likeness (QED) is 0.787. The van der Waals surface area contributed by atoms with Crippen LogP contribution in [0.3, 0.4) is 0 Å². The summed E-state index contributed by atoms with van der Waals surface area (Å²) in [6.07, 6.45) is 0.701. The number of amides is 1.